The van der Waals surface area contributed by atoms with Crippen LogP contribution in [0.25, 0.3) is 0 Å². The summed E-state index contributed by atoms with van der Waals surface area (Å²) in [5.74, 6) is 0.284. The van der Waals surface area contributed by atoms with E-state index in [1.54, 1.807) is 18.2 Å². The smallest absolute Gasteiger partial charge is 0.255 e. The van der Waals surface area contributed by atoms with E-state index in [0.717, 1.165) is 25.7 Å². The SMILES string of the molecule is COc1ccc(Cl)cc1C(=O)NCC1(CO)CCCCC1. The maximum atomic E-state index is 12.3. The quantitative estimate of drug-likeness (QED) is 0.879. The van der Waals surface area contributed by atoms with E-state index in [1.807, 2.05) is 0 Å². The second kappa shape index (κ2) is 7.14. The number of aliphatic hydroxyl groups is 1. The maximum Gasteiger partial charge on any atom is 0.255 e. The number of nitrogens with one attached hydrogen (secondary N) is 1. The van der Waals surface area contributed by atoms with Crippen molar-refractivity contribution in [3.63, 3.8) is 0 Å². The molecule has 0 heterocycles. The summed E-state index contributed by atoms with van der Waals surface area (Å²) in [6.07, 6.45) is 5.33. The number of ether oxygens (including phenoxy) is 1. The van der Waals surface area contributed by atoms with Gasteiger partial charge in [-0.3, -0.25) is 4.79 Å². The van der Waals surface area contributed by atoms with Crippen molar-refractivity contribution in [2.75, 3.05) is 20.3 Å². The van der Waals surface area contributed by atoms with Crippen LogP contribution in [0.4, 0.5) is 0 Å². The van der Waals surface area contributed by atoms with Crippen molar-refractivity contribution >= 4 is 17.5 Å². The predicted molar refractivity (Wildman–Crippen MR) is 82.9 cm³/mol. The number of amides is 1. The molecule has 116 valence electrons. The highest BCUT2D eigenvalue weighted by atomic mass is 35.5. The van der Waals surface area contributed by atoms with E-state index in [4.69, 9.17) is 16.3 Å². The van der Waals surface area contributed by atoms with Crippen molar-refractivity contribution in [1.29, 1.82) is 0 Å². The minimum Gasteiger partial charge on any atom is -0.496 e. The second-order valence-electron chi connectivity index (χ2n) is 5.75. The van der Waals surface area contributed by atoms with Gasteiger partial charge in [-0.25, -0.2) is 0 Å². The second-order valence-corrected chi connectivity index (χ2v) is 6.18. The van der Waals surface area contributed by atoms with Crippen molar-refractivity contribution in [3.05, 3.63) is 28.8 Å². The van der Waals surface area contributed by atoms with Crippen molar-refractivity contribution < 1.29 is 14.6 Å². The Labute approximate surface area is 130 Å². The number of hydrogen-bond acceptors (Lipinski definition) is 3. The highest BCUT2D eigenvalue weighted by Gasteiger charge is 2.32. The molecule has 0 atom stereocenters. The third-order valence-electron chi connectivity index (χ3n) is 4.28. The van der Waals surface area contributed by atoms with Gasteiger partial charge in [-0.2, -0.15) is 0 Å². The molecule has 1 aromatic rings. The number of aliphatic hydroxyl groups excluding tert-OH is 1. The Kier molecular flexibility index (Phi) is 5.48. The fourth-order valence-electron chi connectivity index (χ4n) is 2.91. The van der Waals surface area contributed by atoms with Crippen LogP contribution in [0.2, 0.25) is 5.02 Å². The Morgan fingerprint density at radius 1 is 1.38 bits per heavy atom. The fourth-order valence-corrected chi connectivity index (χ4v) is 3.09. The van der Waals surface area contributed by atoms with E-state index >= 15 is 0 Å². The van der Waals surface area contributed by atoms with Gasteiger partial charge in [-0.05, 0) is 31.0 Å². The molecule has 1 saturated carbocycles. The van der Waals surface area contributed by atoms with Crippen molar-refractivity contribution in [1.82, 2.24) is 5.32 Å². The minimum atomic E-state index is -0.215. The summed E-state index contributed by atoms with van der Waals surface area (Å²) in [6.45, 7) is 0.595. The van der Waals surface area contributed by atoms with E-state index in [9.17, 15) is 9.90 Å². The van der Waals surface area contributed by atoms with Gasteiger partial charge < -0.3 is 15.2 Å². The van der Waals surface area contributed by atoms with Gasteiger partial charge in [0.25, 0.3) is 5.91 Å². The van der Waals surface area contributed by atoms with Crippen molar-refractivity contribution in [3.8, 4) is 5.75 Å². The highest BCUT2D eigenvalue weighted by molar-refractivity contribution is 6.31. The first-order chi connectivity index (χ1) is 10.1. The van der Waals surface area contributed by atoms with Crippen molar-refractivity contribution in [2.24, 2.45) is 5.41 Å². The molecule has 2 N–H and O–H groups in total. The van der Waals surface area contributed by atoms with Gasteiger partial charge in [0.2, 0.25) is 0 Å². The first kappa shape index (κ1) is 16.1. The molecule has 0 aromatic heterocycles. The molecule has 1 aromatic carbocycles. The lowest BCUT2D eigenvalue weighted by Crippen LogP contribution is -2.41. The van der Waals surface area contributed by atoms with E-state index in [0.29, 0.717) is 22.9 Å². The zero-order valence-electron chi connectivity index (χ0n) is 12.3. The van der Waals surface area contributed by atoms with Gasteiger partial charge in [0, 0.05) is 17.0 Å². The molecule has 0 spiro atoms. The van der Waals surface area contributed by atoms with Crippen molar-refractivity contribution in [2.45, 2.75) is 32.1 Å². The molecule has 5 heteroatoms. The molecule has 4 nitrogen and oxygen atoms in total. The Balaban J connectivity index is 2.06. The average Bonchev–Trinajstić information content (AvgIpc) is 2.53. The van der Waals surface area contributed by atoms with Crippen LogP contribution in [0.1, 0.15) is 42.5 Å². The van der Waals surface area contributed by atoms with E-state index < -0.39 is 0 Å². The van der Waals surface area contributed by atoms with Gasteiger partial charge in [0.05, 0.1) is 19.3 Å². The van der Waals surface area contributed by atoms with Gasteiger partial charge in [-0.15, -0.1) is 0 Å². The minimum absolute atomic E-state index is 0.111. The largest absolute Gasteiger partial charge is 0.496 e. The normalized spacial score (nSPS) is 17.3. The van der Waals surface area contributed by atoms with Crippen LogP contribution in [-0.2, 0) is 0 Å². The average molecular weight is 312 g/mol. The standard InChI is InChI=1S/C16H22ClNO3/c1-21-14-6-5-12(17)9-13(14)15(20)18-10-16(11-19)7-3-2-4-8-16/h5-6,9,19H,2-4,7-8,10-11H2,1H3,(H,18,20). The molecule has 1 fully saturated rings. The molecule has 1 amide bonds. The maximum absolute atomic E-state index is 12.3. The molecular weight excluding hydrogens is 290 g/mol. The summed E-state index contributed by atoms with van der Waals surface area (Å²) >= 11 is 5.95. The summed E-state index contributed by atoms with van der Waals surface area (Å²) < 4.78 is 5.20. The first-order valence-electron chi connectivity index (χ1n) is 7.33. The zero-order valence-corrected chi connectivity index (χ0v) is 13.1. The number of rotatable bonds is 5. The Bertz CT molecular complexity index is 498. The van der Waals surface area contributed by atoms with E-state index in [-0.39, 0.29) is 17.9 Å². The Morgan fingerprint density at radius 2 is 2.10 bits per heavy atom. The summed E-state index contributed by atoms with van der Waals surface area (Å²) in [7, 11) is 1.52. The summed E-state index contributed by atoms with van der Waals surface area (Å²) in [6, 6.07) is 4.97. The van der Waals surface area contributed by atoms with Crippen LogP contribution in [-0.4, -0.2) is 31.3 Å². The number of methoxy groups -OCH3 is 1. The van der Waals surface area contributed by atoms with Gasteiger partial charge in [0.15, 0.2) is 0 Å². The number of halogens is 1. The first-order valence-corrected chi connectivity index (χ1v) is 7.71. The topological polar surface area (TPSA) is 58.6 Å². The van der Waals surface area contributed by atoms with Gasteiger partial charge in [-0.1, -0.05) is 30.9 Å². The summed E-state index contributed by atoms with van der Waals surface area (Å²) in [5, 5.41) is 13.1. The highest BCUT2D eigenvalue weighted by Crippen LogP contribution is 2.35. The van der Waals surface area contributed by atoms with Crippen LogP contribution in [0, 0.1) is 5.41 Å². The molecule has 21 heavy (non-hydrogen) atoms. The molecule has 0 aliphatic heterocycles. The lowest BCUT2D eigenvalue weighted by Gasteiger charge is -2.35. The number of carbonyl (C=O) groups is 1. The van der Waals surface area contributed by atoms with Crippen LogP contribution >= 0.6 is 11.6 Å². The zero-order chi connectivity index (χ0) is 15.3. The molecule has 1 aliphatic carbocycles. The molecule has 0 radical (unpaired) electrons. The van der Waals surface area contributed by atoms with E-state index in [2.05, 4.69) is 5.32 Å². The molecule has 0 bridgehead atoms. The number of benzene rings is 1. The molecular formula is C16H22ClNO3. The number of carbonyl (C=O) groups excluding carboxylic acids is 1. The predicted octanol–water partition coefficient (Wildman–Crippen LogP) is 3.02. The third-order valence-corrected chi connectivity index (χ3v) is 4.51. The third kappa shape index (κ3) is 3.89. The Hall–Kier alpha value is -1.26. The summed E-state index contributed by atoms with van der Waals surface area (Å²) in [4.78, 5) is 12.3. The van der Waals surface area contributed by atoms with Crippen LogP contribution in [0.5, 0.6) is 5.75 Å². The molecule has 0 saturated heterocycles. The van der Waals surface area contributed by atoms with Gasteiger partial charge in [0.1, 0.15) is 5.75 Å². The molecule has 1 aliphatic rings. The van der Waals surface area contributed by atoms with Crippen LogP contribution in [0.15, 0.2) is 18.2 Å². The monoisotopic (exact) mass is 311 g/mol. The van der Waals surface area contributed by atoms with Gasteiger partial charge >= 0.3 is 0 Å². The van der Waals surface area contributed by atoms with Crippen LogP contribution < -0.4 is 10.1 Å². The van der Waals surface area contributed by atoms with Crippen LogP contribution in [0.3, 0.4) is 0 Å². The lowest BCUT2D eigenvalue weighted by molar-refractivity contribution is 0.0716. The molecule has 0 unspecified atom stereocenters. The van der Waals surface area contributed by atoms with E-state index in [1.165, 1.54) is 13.5 Å². The lowest BCUT2D eigenvalue weighted by atomic mass is 9.74. The Morgan fingerprint density at radius 3 is 2.71 bits per heavy atom. The fraction of sp³-hybridized carbons (Fsp3) is 0.562. The summed E-state index contributed by atoms with van der Waals surface area (Å²) in [5.41, 5.74) is 0.244. The molecule has 2 rings (SSSR count). The number of hydrogen-bond donors (Lipinski definition) is 2.